The van der Waals surface area contributed by atoms with Crippen LogP contribution < -0.4 is 20.3 Å². The van der Waals surface area contributed by atoms with E-state index in [1.165, 1.54) is 22.2 Å². The lowest BCUT2D eigenvalue weighted by atomic mass is 10.00. The predicted octanol–water partition coefficient (Wildman–Crippen LogP) is 5.59. The van der Waals surface area contributed by atoms with E-state index in [1.807, 2.05) is 0 Å². The lowest BCUT2D eigenvalue weighted by Crippen LogP contribution is -2.44. The van der Waals surface area contributed by atoms with Gasteiger partial charge in [0.2, 0.25) is 11.8 Å². The second kappa shape index (κ2) is 8.85. The third-order valence-electron chi connectivity index (χ3n) is 6.09. The molecular weight excluding hydrogens is 489 g/mol. The fourth-order valence-corrected chi connectivity index (χ4v) is 7.04. The molecule has 34 heavy (non-hydrogen) atoms. The summed E-state index contributed by atoms with van der Waals surface area (Å²) in [6, 6.07) is 11.5. The zero-order valence-corrected chi connectivity index (χ0v) is 21.7. The third kappa shape index (κ3) is 4.27. The molecule has 1 amide bonds. The number of rotatable bonds is 4. The number of halogens is 2. The lowest BCUT2D eigenvalue weighted by Gasteiger charge is -2.35. The number of benzene rings is 2. The number of hydrogen-bond acceptors (Lipinski definition) is 6. The van der Waals surface area contributed by atoms with E-state index in [0.717, 1.165) is 18.7 Å². The number of fused-ring (bicyclic) bond motifs is 2. The molecule has 0 fully saturated rings. The summed E-state index contributed by atoms with van der Waals surface area (Å²) in [5.74, 6) is 0.274. The van der Waals surface area contributed by atoms with Gasteiger partial charge in [-0.1, -0.05) is 55.0 Å². The molecule has 2 aliphatic heterocycles. The van der Waals surface area contributed by atoms with E-state index in [1.54, 1.807) is 18.2 Å². The summed E-state index contributed by atoms with van der Waals surface area (Å²) >= 11 is 12.6. The summed E-state index contributed by atoms with van der Waals surface area (Å²) in [7, 11) is -1.38. The van der Waals surface area contributed by atoms with Crippen molar-refractivity contribution < 1.29 is 9.53 Å². The van der Waals surface area contributed by atoms with E-state index in [4.69, 9.17) is 27.9 Å². The Morgan fingerprint density at radius 3 is 2.68 bits per heavy atom. The molecule has 10 heteroatoms. The highest BCUT2D eigenvalue weighted by molar-refractivity contribution is 6.77. The summed E-state index contributed by atoms with van der Waals surface area (Å²) in [5.41, 5.74) is 4.73. The summed E-state index contributed by atoms with van der Waals surface area (Å²) in [4.78, 5) is 23.3. The molecular formula is C24H25Cl2N5O2Si. The fraction of sp³-hybridized carbons (Fsp3) is 0.292. The lowest BCUT2D eigenvalue weighted by molar-refractivity contribution is 0.0932. The second-order valence-corrected chi connectivity index (χ2v) is 15.7. The van der Waals surface area contributed by atoms with E-state index < -0.39 is 8.07 Å². The average molecular weight is 514 g/mol. The number of nitrogens with one attached hydrogen (secondary N) is 2. The number of aromatic nitrogens is 2. The molecule has 2 aliphatic rings. The van der Waals surface area contributed by atoms with Gasteiger partial charge in [-0.25, -0.2) is 4.98 Å². The highest BCUT2D eigenvalue weighted by Gasteiger charge is 2.33. The van der Waals surface area contributed by atoms with Gasteiger partial charge < -0.3 is 15.4 Å². The fourth-order valence-electron chi connectivity index (χ4n) is 4.47. The highest BCUT2D eigenvalue weighted by atomic mass is 35.5. The van der Waals surface area contributed by atoms with Crippen LogP contribution in [0.2, 0.25) is 29.7 Å². The molecule has 3 aromatic rings. The predicted molar refractivity (Wildman–Crippen MR) is 138 cm³/mol. The number of ether oxygens (including phenoxy) is 1. The van der Waals surface area contributed by atoms with Gasteiger partial charge in [-0.15, -0.1) is 0 Å². The topological polar surface area (TPSA) is 79.4 Å². The Morgan fingerprint density at radius 1 is 1.18 bits per heavy atom. The summed E-state index contributed by atoms with van der Waals surface area (Å²) in [6.07, 6.45) is 2.45. The van der Waals surface area contributed by atoms with Crippen LogP contribution in [0.15, 0.2) is 42.6 Å². The molecule has 0 spiro atoms. The molecule has 2 aromatic carbocycles. The van der Waals surface area contributed by atoms with Gasteiger partial charge in [0.15, 0.2) is 6.73 Å². The van der Waals surface area contributed by atoms with Crippen LogP contribution in [-0.2, 0) is 6.42 Å². The van der Waals surface area contributed by atoms with Crippen LogP contribution in [0.5, 0.6) is 5.88 Å². The van der Waals surface area contributed by atoms with Crippen molar-refractivity contribution in [1.82, 2.24) is 15.3 Å². The van der Waals surface area contributed by atoms with Crippen molar-refractivity contribution in [3.63, 3.8) is 0 Å². The normalized spacial score (nSPS) is 17.6. The summed E-state index contributed by atoms with van der Waals surface area (Å²) < 4.78 is 5.78. The van der Waals surface area contributed by atoms with Gasteiger partial charge in [0.25, 0.3) is 5.91 Å². The van der Waals surface area contributed by atoms with Crippen molar-refractivity contribution >= 4 is 54.5 Å². The minimum atomic E-state index is -1.38. The van der Waals surface area contributed by atoms with Crippen molar-refractivity contribution in [3.05, 3.63) is 69.3 Å². The molecule has 0 saturated carbocycles. The zero-order valence-electron chi connectivity index (χ0n) is 19.2. The van der Waals surface area contributed by atoms with E-state index in [9.17, 15) is 4.79 Å². The molecule has 3 heterocycles. The summed E-state index contributed by atoms with van der Waals surface area (Å²) in [6.45, 7) is 8.08. The van der Waals surface area contributed by atoms with Crippen LogP contribution in [0, 0.1) is 0 Å². The maximum absolute atomic E-state index is 13.1. The van der Waals surface area contributed by atoms with Crippen LogP contribution in [0.1, 0.15) is 27.2 Å². The van der Waals surface area contributed by atoms with E-state index in [0.29, 0.717) is 27.3 Å². The molecule has 0 bridgehead atoms. The molecule has 0 aliphatic carbocycles. The van der Waals surface area contributed by atoms with Gasteiger partial charge in [0, 0.05) is 17.5 Å². The Balaban J connectivity index is 1.38. The first-order valence-corrected chi connectivity index (χ1v) is 15.4. The van der Waals surface area contributed by atoms with Crippen molar-refractivity contribution in [2.75, 3.05) is 23.5 Å². The molecule has 0 saturated heterocycles. The smallest absolute Gasteiger partial charge is 0.268 e. The quantitative estimate of drug-likeness (QED) is 0.442. The van der Waals surface area contributed by atoms with Gasteiger partial charge in [0.05, 0.1) is 23.8 Å². The van der Waals surface area contributed by atoms with Gasteiger partial charge in [0.1, 0.15) is 5.56 Å². The number of carbonyl (C=O) groups excluding carboxylic acids is 1. The molecule has 0 radical (unpaired) electrons. The van der Waals surface area contributed by atoms with Gasteiger partial charge in [-0.05, 0) is 48.4 Å². The van der Waals surface area contributed by atoms with Crippen LogP contribution in [0.25, 0.3) is 0 Å². The molecule has 7 nitrogen and oxygen atoms in total. The maximum Gasteiger partial charge on any atom is 0.268 e. The number of amides is 1. The van der Waals surface area contributed by atoms with Crippen molar-refractivity contribution in [3.8, 4) is 5.88 Å². The molecule has 1 unspecified atom stereocenters. The first-order chi connectivity index (χ1) is 16.2. The average Bonchev–Trinajstić information content (AvgIpc) is 2.79. The van der Waals surface area contributed by atoms with Crippen molar-refractivity contribution in [2.45, 2.75) is 31.7 Å². The number of hydrogen-bond donors (Lipinski definition) is 2. The summed E-state index contributed by atoms with van der Waals surface area (Å²) in [5, 5.41) is 7.68. The Bertz CT molecular complexity index is 1260. The molecule has 176 valence electrons. The Labute approximate surface area is 209 Å². The van der Waals surface area contributed by atoms with Crippen molar-refractivity contribution in [1.29, 1.82) is 0 Å². The van der Waals surface area contributed by atoms with Gasteiger partial charge in [-0.3, -0.25) is 9.69 Å². The first-order valence-electron chi connectivity index (χ1n) is 11.1. The molecule has 1 aromatic heterocycles. The Morgan fingerprint density at radius 2 is 1.94 bits per heavy atom. The molecule has 1 atom stereocenters. The maximum atomic E-state index is 13.1. The first kappa shape index (κ1) is 23.1. The second-order valence-electron chi connectivity index (χ2n) is 9.53. The van der Waals surface area contributed by atoms with E-state index in [-0.39, 0.29) is 24.1 Å². The highest BCUT2D eigenvalue weighted by Crippen LogP contribution is 2.37. The number of anilines is 3. The number of nitrogens with zero attached hydrogens (tertiary/aromatic N) is 3. The SMILES string of the molecule is C[Si](C)(C)C1NCCc2cc(Nc3ncc4c(n3)OCN(c3c(Cl)cccc3Cl)C4=O)ccc21. The van der Waals surface area contributed by atoms with Crippen LogP contribution >= 0.6 is 23.2 Å². The van der Waals surface area contributed by atoms with Gasteiger partial charge in [-0.2, -0.15) is 4.98 Å². The third-order valence-corrected chi connectivity index (χ3v) is 8.94. The Hall–Kier alpha value is -2.65. The van der Waals surface area contributed by atoms with Crippen LogP contribution in [0.4, 0.5) is 17.3 Å². The van der Waals surface area contributed by atoms with E-state index >= 15 is 0 Å². The largest absolute Gasteiger partial charge is 0.455 e. The number of para-hydroxylation sites is 1. The van der Waals surface area contributed by atoms with Gasteiger partial charge >= 0.3 is 0 Å². The van der Waals surface area contributed by atoms with Crippen LogP contribution in [0.3, 0.4) is 0 Å². The standard InChI is InChI=1S/C24H25Cl2N5O2Si/c1-34(2,3)22-16-8-7-15(11-14(16)9-10-27-22)29-24-28-12-17-21(30-24)33-13-31(23(17)32)20-18(25)5-4-6-19(20)26/h4-8,11-12,22,27H,9-10,13H2,1-3H3,(H,28,29,30). The van der Waals surface area contributed by atoms with Crippen LogP contribution in [-0.4, -0.2) is 37.2 Å². The van der Waals surface area contributed by atoms with E-state index in [2.05, 4.69) is 58.4 Å². The van der Waals surface area contributed by atoms with Crippen molar-refractivity contribution in [2.24, 2.45) is 0 Å². The monoisotopic (exact) mass is 513 g/mol. The molecule has 2 N–H and O–H groups in total. The number of carbonyl (C=O) groups is 1. The Kier molecular flexibility index (Phi) is 6.01. The minimum Gasteiger partial charge on any atom is -0.455 e. The molecule has 5 rings (SSSR count). The zero-order chi connectivity index (χ0) is 24.0. The minimum absolute atomic E-state index is 0.0460.